The van der Waals surface area contributed by atoms with Gasteiger partial charge in [0.1, 0.15) is 5.95 Å². The van der Waals surface area contributed by atoms with Crippen molar-refractivity contribution < 1.29 is 42.2 Å². The largest absolute Gasteiger partial charge is 0.420 e. The van der Waals surface area contributed by atoms with Gasteiger partial charge in [-0.1, -0.05) is 67.2 Å². The summed E-state index contributed by atoms with van der Waals surface area (Å²) in [5, 5.41) is 0. The van der Waals surface area contributed by atoms with Crippen molar-refractivity contribution in [3.05, 3.63) is 96.5 Å². The van der Waals surface area contributed by atoms with Crippen LogP contribution in [0.15, 0.2) is 79.1 Å². The monoisotopic (exact) mass is 529 g/mol. The summed E-state index contributed by atoms with van der Waals surface area (Å²) >= 11 is 0. The van der Waals surface area contributed by atoms with Crippen LogP contribution in [-0.2, 0) is 55.4 Å². The third-order valence-electron chi connectivity index (χ3n) is 6.12. The molecule has 7 nitrogen and oxygen atoms in total. The molecule has 171 valence electrons. The first kappa shape index (κ1) is 24.7. The predicted octanol–water partition coefficient (Wildman–Crippen LogP) is 4.13. The molecule has 0 bridgehead atoms. The van der Waals surface area contributed by atoms with Gasteiger partial charge in [0.25, 0.3) is 0 Å². The first-order valence-electron chi connectivity index (χ1n) is 11.0. The minimum Gasteiger partial charge on any atom is -0.420 e. The van der Waals surface area contributed by atoms with Crippen LogP contribution < -0.4 is 5.73 Å². The summed E-state index contributed by atoms with van der Waals surface area (Å²) in [4.78, 5) is 12.7. The fourth-order valence-corrected chi connectivity index (χ4v) is 4.38. The molecule has 2 N–H and O–H groups in total. The Balaban J connectivity index is 0.00000274. The van der Waals surface area contributed by atoms with E-state index >= 15 is 0 Å². The Morgan fingerprint density at radius 2 is 1.71 bits per heavy atom. The zero-order valence-electron chi connectivity index (χ0n) is 18.9. The molecule has 2 aromatic carbocycles. The van der Waals surface area contributed by atoms with Gasteiger partial charge in [0.15, 0.2) is 0 Å². The van der Waals surface area contributed by atoms with Gasteiger partial charge in [0.2, 0.25) is 0 Å². The molecule has 0 aliphatic heterocycles. The number of fused-ring (bicyclic) bond motifs is 1. The van der Waals surface area contributed by atoms with Crippen LogP contribution in [0.1, 0.15) is 23.6 Å². The van der Waals surface area contributed by atoms with E-state index in [1.54, 1.807) is 6.33 Å². The second-order valence-electron chi connectivity index (χ2n) is 8.29. The van der Waals surface area contributed by atoms with E-state index in [0.29, 0.717) is 31.0 Å². The molecule has 34 heavy (non-hydrogen) atoms. The zero-order chi connectivity index (χ0) is 22.6. The Hall–Kier alpha value is -2.45. The van der Waals surface area contributed by atoms with Gasteiger partial charge in [-0.3, -0.25) is 4.98 Å². The minimum atomic E-state index is -0.0425. The zero-order valence-corrected chi connectivity index (χ0v) is 21.7. The van der Waals surface area contributed by atoms with E-state index in [1.807, 2.05) is 41.0 Å². The maximum absolute atomic E-state index is 6.40. The SMILES string of the molecule is C=C1[C@H](COCc2ccccc2)[C@@H](OCc2ccccc2)C[C@@H]1n1cnc2[c-]nc(N)nc21.[Y]. The number of hydrogen-bond donors (Lipinski definition) is 1. The Bertz CT molecular complexity index is 1230. The van der Waals surface area contributed by atoms with Gasteiger partial charge in [0.05, 0.1) is 37.9 Å². The molecular formula is C26H26N5O2Y-. The molecule has 4 aromatic rings. The molecule has 0 amide bonds. The smallest absolute Gasteiger partial charge is 0.105 e. The quantitative estimate of drug-likeness (QED) is 0.273. The average molecular weight is 529 g/mol. The molecule has 1 saturated carbocycles. The molecule has 3 atom stereocenters. The predicted molar refractivity (Wildman–Crippen MR) is 126 cm³/mol. The molecule has 2 heterocycles. The Kier molecular flexibility index (Phi) is 8.21. The van der Waals surface area contributed by atoms with Crippen LogP contribution in [0.3, 0.4) is 0 Å². The molecule has 1 aliphatic rings. The van der Waals surface area contributed by atoms with E-state index in [4.69, 9.17) is 15.2 Å². The van der Waals surface area contributed by atoms with Crippen LogP contribution in [-0.4, -0.2) is 32.2 Å². The molecule has 0 spiro atoms. The van der Waals surface area contributed by atoms with Gasteiger partial charge >= 0.3 is 0 Å². The molecular weight excluding hydrogens is 503 g/mol. The van der Waals surface area contributed by atoms with Crippen LogP contribution >= 0.6 is 0 Å². The van der Waals surface area contributed by atoms with Crippen molar-refractivity contribution in [1.29, 1.82) is 0 Å². The minimum absolute atomic E-state index is 0. The molecule has 1 fully saturated rings. The Morgan fingerprint density at radius 3 is 2.41 bits per heavy atom. The standard InChI is InChI=1S/C26H26N5O2.Y/c1-18-21(16-32-14-19-8-4-2-5-9-19)24(33-15-20-10-6-3-7-11-20)12-23(18)31-17-29-22-13-28-26(27)30-25(22)31;/h2-11,17,21,23-24H,1,12,14-16H2,(H2,27,28,30);/q-1;/t21-,23-,24-;/m0./s1. The number of nitrogens with zero attached hydrogens (tertiary/aromatic N) is 4. The normalized spacial score (nSPS) is 19.9. The third-order valence-corrected chi connectivity index (χ3v) is 6.12. The van der Waals surface area contributed by atoms with Crippen LogP contribution in [0, 0.1) is 12.1 Å². The number of nitrogen functional groups attached to an aromatic ring is 1. The van der Waals surface area contributed by atoms with Crippen LogP contribution in [0.2, 0.25) is 0 Å². The number of rotatable bonds is 8. The number of nitrogens with two attached hydrogens (primary N) is 1. The van der Waals surface area contributed by atoms with Crippen molar-refractivity contribution >= 4 is 17.1 Å². The van der Waals surface area contributed by atoms with E-state index in [9.17, 15) is 0 Å². The number of hydrogen-bond acceptors (Lipinski definition) is 6. The summed E-state index contributed by atoms with van der Waals surface area (Å²) in [6.45, 7) is 6.05. The summed E-state index contributed by atoms with van der Waals surface area (Å²) < 4.78 is 14.5. The molecule has 0 unspecified atom stereocenters. The van der Waals surface area contributed by atoms with Gasteiger partial charge in [-0.15, -0.1) is 0 Å². The van der Waals surface area contributed by atoms with E-state index in [2.05, 4.69) is 52.0 Å². The van der Waals surface area contributed by atoms with Crippen LogP contribution in [0.4, 0.5) is 5.95 Å². The van der Waals surface area contributed by atoms with Crippen LogP contribution in [0.25, 0.3) is 11.2 Å². The van der Waals surface area contributed by atoms with Crippen molar-refractivity contribution in [1.82, 2.24) is 19.5 Å². The summed E-state index contributed by atoms with van der Waals surface area (Å²) in [7, 11) is 0. The maximum atomic E-state index is 6.40. The molecule has 1 aliphatic carbocycles. The summed E-state index contributed by atoms with van der Waals surface area (Å²) in [6.07, 6.45) is 5.31. The number of imidazole rings is 1. The molecule has 8 heteroatoms. The van der Waals surface area contributed by atoms with Gasteiger partial charge in [-0.25, -0.2) is 0 Å². The molecule has 2 aromatic heterocycles. The fourth-order valence-electron chi connectivity index (χ4n) is 4.38. The molecule has 0 saturated heterocycles. The van der Waals surface area contributed by atoms with Gasteiger partial charge in [-0.2, -0.15) is 0 Å². The van der Waals surface area contributed by atoms with Gasteiger partial charge in [0, 0.05) is 50.2 Å². The average Bonchev–Trinajstić information content (AvgIpc) is 3.39. The first-order valence-corrected chi connectivity index (χ1v) is 11.0. The summed E-state index contributed by atoms with van der Waals surface area (Å²) in [6, 6.07) is 20.3. The fraction of sp³-hybridized carbons (Fsp3) is 0.269. The second kappa shape index (κ2) is 11.3. The number of benzene rings is 2. The summed E-state index contributed by atoms with van der Waals surface area (Å²) in [5.41, 5.74) is 10.4. The van der Waals surface area contributed by atoms with Gasteiger partial charge < -0.3 is 29.7 Å². The van der Waals surface area contributed by atoms with Crippen LogP contribution in [0.5, 0.6) is 0 Å². The van der Waals surface area contributed by atoms with E-state index in [-0.39, 0.29) is 56.7 Å². The van der Waals surface area contributed by atoms with Crippen molar-refractivity contribution in [2.24, 2.45) is 5.92 Å². The second-order valence-corrected chi connectivity index (χ2v) is 8.29. The van der Waals surface area contributed by atoms with Crippen molar-refractivity contribution in [2.45, 2.75) is 31.8 Å². The Morgan fingerprint density at radius 1 is 1.03 bits per heavy atom. The molecule has 5 rings (SSSR count). The topological polar surface area (TPSA) is 88.1 Å². The van der Waals surface area contributed by atoms with Crippen molar-refractivity contribution in [2.75, 3.05) is 12.3 Å². The van der Waals surface area contributed by atoms with E-state index in [0.717, 1.165) is 23.1 Å². The number of ether oxygens (including phenoxy) is 2. The van der Waals surface area contributed by atoms with E-state index in [1.165, 1.54) is 0 Å². The van der Waals surface area contributed by atoms with Crippen molar-refractivity contribution in [3.8, 4) is 0 Å². The number of anilines is 1. The number of aromatic nitrogens is 4. The Labute approximate surface area is 224 Å². The first-order chi connectivity index (χ1) is 16.2. The third kappa shape index (κ3) is 5.44. The maximum Gasteiger partial charge on any atom is 0.105 e. The molecule has 1 radical (unpaired) electrons. The summed E-state index contributed by atoms with van der Waals surface area (Å²) in [5.74, 6) is 0.218. The van der Waals surface area contributed by atoms with Crippen molar-refractivity contribution in [3.63, 3.8) is 0 Å². The van der Waals surface area contributed by atoms with E-state index < -0.39 is 0 Å². The van der Waals surface area contributed by atoms with Gasteiger partial charge in [-0.05, 0) is 29.3 Å².